The zero-order valence-electron chi connectivity index (χ0n) is 9.22. The van der Waals surface area contributed by atoms with Crippen molar-refractivity contribution >= 4 is 32.7 Å². The molecule has 0 radical (unpaired) electrons. The van der Waals surface area contributed by atoms with E-state index in [4.69, 9.17) is 0 Å². The summed E-state index contributed by atoms with van der Waals surface area (Å²) in [6.45, 7) is 0. The maximum atomic E-state index is 12.3. The second-order valence-corrected chi connectivity index (χ2v) is 5.17. The molecule has 0 saturated heterocycles. The Morgan fingerprint density at radius 1 is 1.11 bits per heavy atom. The summed E-state index contributed by atoms with van der Waals surface area (Å²) in [5.74, 6) is 0.498. The first-order chi connectivity index (χ1) is 8.75. The molecule has 1 aliphatic rings. The van der Waals surface area contributed by atoms with Gasteiger partial charge in [0.1, 0.15) is 0 Å². The molecule has 0 fully saturated rings. The number of nitrogens with zero attached hydrogens (tertiary/aromatic N) is 2. The van der Waals surface area contributed by atoms with E-state index in [0.717, 1.165) is 21.2 Å². The number of carbonyl (C=O) groups is 1. The third kappa shape index (κ3) is 1.13. The van der Waals surface area contributed by atoms with Crippen molar-refractivity contribution in [2.24, 2.45) is 0 Å². The third-order valence-electron chi connectivity index (χ3n) is 3.21. The Morgan fingerprint density at radius 3 is 2.83 bits per heavy atom. The molecule has 0 bridgehead atoms. The van der Waals surface area contributed by atoms with Crippen molar-refractivity contribution in [2.45, 2.75) is 0 Å². The zero-order valence-corrected chi connectivity index (χ0v) is 10.8. The molecule has 3 aromatic rings. The highest BCUT2D eigenvalue weighted by atomic mass is 79.9. The molecule has 1 aliphatic heterocycles. The predicted molar refractivity (Wildman–Crippen MR) is 72.2 cm³/mol. The van der Waals surface area contributed by atoms with Gasteiger partial charge in [0, 0.05) is 4.47 Å². The Bertz CT molecular complexity index is 820. The number of carbonyl (C=O) groups excluding carboxylic acids is 1. The van der Waals surface area contributed by atoms with Crippen molar-refractivity contribution in [2.75, 3.05) is 0 Å². The van der Waals surface area contributed by atoms with Crippen molar-refractivity contribution in [3.8, 4) is 5.69 Å². The second kappa shape index (κ2) is 3.29. The lowest BCUT2D eigenvalue weighted by molar-refractivity contribution is 0.103. The van der Waals surface area contributed by atoms with Gasteiger partial charge in [0.15, 0.2) is 5.82 Å². The molecule has 4 heteroatoms. The Hall–Kier alpha value is -1.94. The van der Waals surface area contributed by atoms with Crippen molar-refractivity contribution in [3.05, 3.63) is 58.3 Å². The van der Waals surface area contributed by atoms with Gasteiger partial charge in [0.25, 0.3) is 0 Å². The summed E-state index contributed by atoms with van der Waals surface area (Å²) in [7, 11) is 0. The smallest absolute Gasteiger partial charge is 0.230 e. The molecule has 2 aromatic carbocycles. The number of benzene rings is 2. The summed E-state index contributed by atoms with van der Waals surface area (Å²) in [5.41, 5.74) is 3.44. The van der Waals surface area contributed by atoms with Gasteiger partial charge in [-0.05, 0) is 30.3 Å². The zero-order chi connectivity index (χ0) is 12.3. The first-order valence-electron chi connectivity index (χ1n) is 5.58. The summed E-state index contributed by atoms with van der Waals surface area (Å²) in [6, 6.07) is 13.5. The predicted octanol–water partition coefficient (Wildman–Crippen LogP) is 3.33. The van der Waals surface area contributed by atoms with E-state index in [9.17, 15) is 4.79 Å². The van der Waals surface area contributed by atoms with Gasteiger partial charge in [-0.2, -0.15) is 0 Å². The van der Waals surface area contributed by atoms with Crippen LogP contribution >= 0.6 is 15.9 Å². The highest BCUT2D eigenvalue weighted by Crippen LogP contribution is 2.33. The number of hydrogen-bond acceptors (Lipinski definition) is 2. The first kappa shape index (κ1) is 10.0. The van der Waals surface area contributed by atoms with Crippen LogP contribution in [0.3, 0.4) is 0 Å². The van der Waals surface area contributed by atoms with Crippen molar-refractivity contribution in [1.82, 2.24) is 9.55 Å². The molecule has 0 N–H and O–H groups in total. The molecular weight excluding hydrogens is 292 g/mol. The summed E-state index contributed by atoms with van der Waals surface area (Å²) < 4.78 is 2.89. The summed E-state index contributed by atoms with van der Waals surface area (Å²) in [5, 5.41) is 0. The summed E-state index contributed by atoms with van der Waals surface area (Å²) in [4.78, 5) is 16.7. The lowest BCUT2D eigenvalue weighted by Gasteiger charge is -2.03. The van der Waals surface area contributed by atoms with E-state index < -0.39 is 0 Å². The fourth-order valence-electron chi connectivity index (χ4n) is 2.42. The van der Waals surface area contributed by atoms with Crippen LogP contribution in [0.4, 0.5) is 0 Å². The summed E-state index contributed by atoms with van der Waals surface area (Å²) in [6.07, 6.45) is 0. The molecule has 0 saturated carbocycles. The van der Waals surface area contributed by atoms with Crippen LogP contribution in [0.25, 0.3) is 16.7 Å². The number of fused-ring (bicyclic) bond motifs is 5. The van der Waals surface area contributed by atoms with E-state index in [2.05, 4.69) is 20.9 Å². The SMILES string of the molecule is O=C1c2ccc(Br)cc2-n2c1nc1ccccc12. The first-order valence-corrected chi connectivity index (χ1v) is 6.37. The van der Waals surface area contributed by atoms with Crippen LogP contribution in [0, 0.1) is 0 Å². The van der Waals surface area contributed by atoms with Crippen LogP contribution in [0.5, 0.6) is 0 Å². The molecule has 4 rings (SSSR count). The van der Waals surface area contributed by atoms with E-state index >= 15 is 0 Å². The minimum Gasteiger partial charge on any atom is -0.289 e. The molecule has 2 heterocycles. The molecule has 0 unspecified atom stereocenters. The normalized spacial score (nSPS) is 12.8. The molecule has 0 aliphatic carbocycles. The largest absolute Gasteiger partial charge is 0.289 e. The van der Waals surface area contributed by atoms with Crippen LogP contribution in [-0.4, -0.2) is 15.3 Å². The molecule has 0 spiro atoms. The Labute approximate surface area is 111 Å². The number of aromatic nitrogens is 2. The Kier molecular flexibility index (Phi) is 1.84. The van der Waals surface area contributed by atoms with E-state index in [1.807, 2.05) is 47.0 Å². The van der Waals surface area contributed by atoms with Gasteiger partial charge in [-0.3, -0.25) is 9.36 Å². The Balaban J connectivity index is 2.19. The van der Waals surface area contributed by atoms with Gasteiger partial charge in [0.05, 0.1) is 22.3 Å². The van der Waals surface area contributed by atoms with E-state index in [-0.39, 0.29) is 5.78 Å². The monoisotopic (exact) mass is 298 g/mol. The second-order valence-electron chi connectivity index (χ2n) is 4.25. The lowest BCUT2D eigenvalue weighted by Crippen LogP contribution is -1.97. The molecule has 1 aromatic heterocycles. The van der Waals surface area contributed by atoms with Crippen LogP contribution in [0.1, 0.15) is 16.2 Å². The van der Waals surface area contributed by atoms with Crippen LogP contribution in [-0.2, 0) is 0 Å². The number of imidazole rings is 1. The van der Waals surface area contributed by atoms with Gasteiger partial charge >= 0.3 is 0 Å². The van der Waals surface area contributed by atoms with Crippen LogP contribution in [0.2, 0.25) is 0 Å². The fraction of sp³-hybridized carbons (Fsp3) is 0. The van der Waals surface area contributed by atoms with E-state index in [1.165, 1.54) is 0 Å². The minimum atomic E-state index is -0.00583. The average Bonchev–Trinajstić information content (AvgIpc) is 2.87. The molecule has 3 nitrogen and oxygen atoms in total. The maximum absolute atomic E-state index is 12.3. The molecule has 18 heavy (non-hydrogen) atoms. The molecule has 0 amide bonds. The van der Waals surface area contributed by atoms with E-state index in [1.54, 1.807) is 0 Å². The van der Waals surface area contributed by atoms with Crippen LogP contribution in [0.15, 0.2) is 46.9 Å². The number of para-hydroxylation sites is 2. The number of ketones is 1. The van der Waals surface area contributed by atoms with Gasteiger partial charge < -0.3 is 0 Å². The van der Waals surface area contributed by atoms with Crippen LogP contribution < -0.4 is 0 Å². The molecule has 86 valence electrons. The maximum Gasteiger partial charge on any atom is 0.230 e. The van der Waals surface area contributed by atoms with Crippen molar-refractivity contribution in [3.63, 3.8) is 0 Å². The van der Waals surface area contributed by atoms with Crippen molar-refractivity contribution < 1.29 is 4.79 Å². The number of rotatable bonds is 0. The fourth-order valence-corrected chi connectivity index (χ4v) is 2.77. The quantitative estimate of drug-likeness (QED) is 0.499. The van der Waals surface area contributed by atoms with Gasteiger partial charge in [-0.25, -0.2) is 4.98 Å². The Morgan fingerprint density at radius 2 is 1.94 bits per heavy atom. The van der Waals surface area contributed by atoms with Gasteiger partial charge in [-0.1, -0.05) is 28.1 Å². The highest BCUT2D eigenvalue weighted by molar-refractivity contribution is 9.10. The molecular formula is C14H7BrN2O. The van der Waals surface area contributed by atoms with Gasteiger partial charge in [-0.15, -0.1) is 0 Å². The van der Waals surface area contributed by atoms with Gasteiger partial charge in [0.2, 0.25) is 5.78 Å². The minimum absolute atomic E-state index is 0.00583. The topological polar surface area (TPSA) is 34.9 Å². The highest BCUT2D eigenvalue weighted by Gasteiger charge is 2.30. The number of halogens is 1. The van der Waals surface area contributed by atoms with Crippen molar-refractivity contribution in [1.29, 1.82) is 0 Å². The summed E-state index contributed by atoms with van der Waals surface area (Å²) >= 11 is 3.44. The van der Waals surface area contributed by atoms with E-state index in [0.29, 0.717) is 11.4 Å². The number of hydrogen-bond donors (Lipinski definition) is 0. The standard InChI is InChI=1S/C14H7BrN2O/c15-8-5-6-9-12(7-8)17-11-4-2-1-3-10(11)16-14(17)13(9)18/h1-7H. The third-order valence-corrected chi connectivity index (χ3v) is 3.70. The average molecular weight is 299 g/mol. The molecule has 0 atom stereocenters. The lowest BCUT2D eigenvalue weighted by atomic mass is 10.1.